The van der Waals surface area contributed by atoms with Gasteiger partial charge in [-0.2, -0.15) is 0 Å². The Hall–Kier alpha value is -2.11. The number of carbonyl (C=O) groups excluding carboxylic acids is 1. The number of hydrogen-bond donors (Lipinski definition) is 2. The lowest BCUT2D eigenvalue weighted by molar-refractivity contribution is 0.0893. The first-order valence-corrected chi connectivity index (χ1v) is 8.43. The number of benzene rings is 2. The third kappa shape index (κ3) is 4.17. The highest BCUT2D eigenvalue weighted by Crippen LogP contribution is 2.39. The summed E-state index contributed by atoms with van der Waals surface area (Å²) < 4.78 is 19.6. The topological polar surface area (TPSA) is 64.3 Å². The van der Waals surface area contributed by atoms with E-state index in [0.717, 1.165) is 24.2 Å². The molecule has 2 aromatic rings. The highest BCUT2D eigenvalue weighted by atomic mass is 35.5. The summed E-state index contributed by atoms with van der Waals surface area (Å²) in [6.45, 7) is 2.27. The molecule has 1 atom stereocenters. The first-order valence-electron chi connectivity index (χ1n) is 8.43. The Labute approximate surface area is 159 Å². The van der Waals surface area contributed by atoms with E-state index in [1.807, 2.05) is 31.2 Å². The van der Waals surface area contributed by atoms with Gasteiger partial charge in [-0.15, -0.1) is 12.4 Å². The van der Waals surface area contributed by atoms with Crippen molar-refractivity contribution in [3.8, 4) is 16.9 Å². The number of methoxy groups -OCH3 is 1. The van der Waals surface area contributed by atoms with Gasteiger partial charge >= 0.3 is 0 Å². The maximum absolute atomic E-state index is 14.5. The molecule has 0 bridgehead atoms. The molecule has 6 heteroatoms. The van der Waals surface area contributed by atoms with E-state index in [0.29, 0.717) is 18.0 Å². The van der Waals surface area contributed by atoms with Crippen LogP contribution in [0.15, 0.2) is 42.5 Å². The van der Waals surface area contributed by atoms with Gasteiger partial charge in [0.05, 0.1) is 18.2 Å². The molecular weight excluding hydrogens is 355 g/mol. The molecule has 0 saturated heterocycles. The Morgan fingerprint density at radius 2 is 1.85 bits per heavy atom. The fourth-order valence-corrected chi connectivity index (χ4v) is 3.03. The van der Waals surface area contributed by atoms with Crippen molar-refractivity contribution in [3.05, 3.63) is 53.8 Å². The summed E-state index contributed by atoms with van der Waals surface area (Å²) in [6, 6.07) is 12.0. The molecule has 0 heterocycles. The zero-order chi connectivity index (χ0) is 18.0. The summed E-state index contributed by atoms with van der Waals surface area (Å²) in [5, 5.41) is 2.92. The number of halogens is 2. The lowest BCUT2D eigenvalue weighted by Crippen LogP contribution is -2.53. The first kappa shape index (κ1) is 20.2. The number of ether oxygens (including phenoxy) is 1. The van der Waals surface area contributed by atoms with Crippen molar-refractivity contribution in [2.75, 3.05) is 13.7 Å². The number of nitrogens with one attached hydrogen (secondary N) is 1. The molecule has 1 aliphatic rings. The second kappa shape index (κ2) is 8.06. The molecule has 0 spiro atoms. The van der Waals surface area contributed by atoms with Gasteiger partial charge in [0.1, 0.15) is 11.6 Å². The lowest BCUT2D eigenvalue weighted by atomic mass is 9.95. The normalized spacial score (nSPS) is 15.5. The molecule has 1 aliphatic carbocycles. The summed E-state index contributed by atoms with van der Waals surface area (Å²) in [4.78, 5) is 12.5. The van der Waals surface area contributed by atoms with Crippen molar-refractivity contribution in [1.82, 2.24) is 5.32 Å². The molecule has 1 fully saturated rings. The van der Waals surface area contributed by atoms with Gasteiger partial charge in [-0.05, 0) is 61.1 Å². The highest BCUT2D eigenvalue weighted by molar-refractivity contribution is 5.95. The molecule has 0 radical (unpaired) electrons. The average molecular weight is 379 g/mol. The summed E-state index contributed by atoms with van der Waals surface area (Å²) in [6.07, 6.45) is 2.10. The van der Waals surface area contributed by atoms with Crippen molar-refractivity contribution in [2.24, 2.45) is 11.7 Å². The Kier molecular flexibility index (Phi) is 6.26. The van der Waals surface area contributed by atoms with Crippen molar-refractivity contribution in [2.45, 2.75) is 25.3 Å². The Bertz CT molecular complexity index is 778. The molecule has 2 aromatic carbocycles. The Morgan fingerprint density at radius 3 is 2.35 bits per heavy atom. The fourth-order valence-electron chi connectivity index (χ4n) is 3.03. The van der Waals surface area contributed by atoms with Crippen LogP contribution in [0.5, 0.6) is 5.75 Å². The van der Waals surface area contributed by atoms with Crippen LogP contribution in [0.25, 0.3) is 11.1 Å². The van der Waals surface area contributed by atoms with Crippen LogP contribution in [-0.4, -0.2) is 25.1 Å². The van der Waals surface area contributed by atoms with Gasteiger partial charge in [0.15, 0.2) is 0 Å². The van der Waals surface area contributed by atoms with E-state index in [1.54, 1.807) is 13.2 Å². The number of nitrogens with two attached hydrogens (primary N) is 1. The fraction of sp³-hybridized carbons (Fsp3) is 0.350. The largest absolute Gasteiger partial charge is 0.497 e. The Balaban J connectivity index is 0.00000243. The van der Waals surface area contributed by atoms with Gasteiger partial charge in [-0.25, -0.2) is 4.39 Å². The van der Waals surface area contributed by atoms with Crippen molar-refractivity contribution < 1.29 is 13.9 Å². The van der Waals surface area contributed by atoms with Crippen molar-refractivity contribution >= 4 is 18.3 Å². The van der Waals surface area contributed by atoms with Crippen LogP contribution in [0.4, 0.5) is 4.39 Å². The van der Waals surface area contributed by atoms with Crippen LogP contribution in [0.2, 0.25) is 0 Å². The van der Waals surface area contributed by atoms with Crippen LogP contribution in [0.3, 0.4) is 0 Å². The molecular formula is C20H24ClFN2O2. The molecule has 4 nitrogen and oxygen atoms in total. The minimum atomic E-state index is -0.541. The van der Waals surface area contributed by atoms with Crippen LogP contribution in [0.1, 0.15) is 30.1 Å². The smallest absolute Gasteiger partial charge is 0.254 e. The van der Waals surface area contributed by atoms with Crippen LogP contribution in [-0.2, 0) is 0 Å². The number of carbonyl (C=O) groups is 1. The Morgan fingerprint density at radius 1 is 1.23 bits per heavy atom. The van der Waals surface area contributed by atoms with E-state index in [9.17, 15) is 9.18 Å². The SMILES string of the molecule is COc1ccc(-c2ccc(C(=O)NC(C)(CN)C3CC3)c(F)c2)cc1.Cl. The summed E-state index contributed by atoms with van der Waals surface area (Å²) >= 11 is 0. The van der Waals surface area contributed by atoms with Crippen LogP contribution in [0, 0.1) is 11.7 Å². The van der Waals surface area contributed by atoms with E-state index in [-0.39, 0.29) is 18.0 Å². The van der Waals surface area contributed by atoms with Gasteiger partial charge in [0.25, 0.3) is 5.91 Å². The second-order valence-electron chi connectivity index (χ2n) is 6.77. The van der Waals surface area contributed by atoms with Gasteiger partial charge in [0, 0.05) is 6.54 Å². The van der Waals surface area contributed by atoms with Crippen LogP contribution < -0.4 is 15.8 Å². The van der Waals surface area contributed by atoms with E-state index < -0.39 is 17.3 Å². The van der Waals surface area contributed by atoms with E-state index in [1.165, 1.54) is 12.1 Å². The van der Waals surface area contributed by atoms with Crippen molar-refractivity contribution in [3.63, 3.8) is 0 Å². The quantitative estimate of drug-likeness (QED) is 0.804. The molecule has 1 saturated carbocycles. The van der Waals surface area contributed by atoms with Gasteiger partial charge in [-0.1, -0.05) is 18.2 Å². The average Bonchev–Trinajstić information content (AvgIpc) is 3.47. The van der Waals surface area contributed by atoms with E-state index >= 15 is 0 Å². The van der Waals surface area contributed by atoms with Gasteiger partial charge < -0.3 is 15.8 Å². The predicted molar refractivity (Wildman–Crippen MR) is 103 cm³/mol. The van der Waals surface area contributed by atoms with Gasteiger partial charge in [0.2, 0.25) is 0 Å². The van der Waals surface area contributed by atoms with Gasteiger partial charge in [-0.3, -0.25) is 4.79 Å². The summed E-state index contributed by atoms with van der Waals surface area (Å²) in [5.41, 5.74) is 6.95. The third-order valence-corrected chi connectivity index (χ3v) is 4.94. The molecule has 0 aromatic heterocycles. The minimum Gasteiger partial charge on any atom is -0.497 e. The highest BCUT2D eigenvalue weighted by Gasteiger charge is 2.41. The summed E-state index contributed by atoms with van der Waals surface area (Å²) in [5.74, 6) is 0.157. The van der Waals surface area contributed by atoms with Crippen molar-refractivity contribution in [1.29, 1.82) is 0 Å². The maximum atomic E-state index is 14.5. The monoisotopic (exact) mass is 378 g/mol. The standard InChI is InChI=1S/C20H23FN2O2.ClH/c1-20(12-22,15-6-7-15)23-19(24)17-10-5-14(11-18(17)21)13-3-8-16(25-2)9-4-13;/h3-5,8-11,15H,6-7,12,22H2,1-2H3,(H,23,24);1H. The molecule has 140 valence electrons. The first-order chi connectivity index (χ1) is 12.0. The third-order valence-electron chi connectivity index (χ3n) is 4.94. The predicted octanol–water partition coefficient (Wildman–Crippen LogP) is 3.78. The lowest BCUT2D eigenvalue weighted by Gasteiger charge is -2.29. The zero-order valence-corrected chi connectivity index (χ0v) is 15.7. The number of rotatable bonds is 6. The molecule has 26 heavy (non-hydrogen) atoms. The molecule has 0 aliphatic heterocycles. The van der Waals surface area contributed by atoms with E-state index in [2.05, 4.69) is 5.32 Å². The molecule has 3 N–H and O–H groups in total. The van der Waals surface area contributed by atoms with E-state index in [4.69, 9.17) is 10.5 Å². The molecule has 1 unspecified atom stereocenters. The second-order valence-corrected chi connectivity index (χ2v) is 6.77. The molecule has 3 rings (SSSR count). The summed E-state index contributed by atoms with van der Waals surface area (Å²) in [7, 11) is 1.60. The zero-order valence-electron chi connectivity index (χ0n) is 14.9. The maximum Gasteiger partial charge on any atom is 0.254 e. The number of hydrogen-bond acceptors (Lipinski definition) is 3. The number of amides is 1. The minimum absolute atomic E-state index is 0. The molecule has 1 amide bonds. The van der Waals surface area contributed by atoms with Crippen LogP contribution >= 0.6 is 12.4 Å².